The summed E-state index contributed by atoms with van der Waals surface area (Å²) in [5.41, 5.74) is 6.83. The van der Waals surface area contributed by atoms with E-state index in [0.29, 0.717) is 5.56 Å². The van der Waals surface area contributed by atoms with Crippen LogP contribution in [0.5, 0.6) is 0 Å². The van der Waals surface area contributed by atoms with Gasteiger partial charge in [-0.3, -0.25) is 9.59 Å². The van der Waals surface area contributed by atoms with Crippen molar-refractivity contribution < 1.29 is 9.59 Å². The number of nitrogens with two attached hydrogens (primary N) is 1. The molecule has 26 heavy (non-hydrogen) atoms. The molecule has 0 fully saturated rings. The zero-order valence-corrected chi connectivity index (χ0v) is 14.5. The van der Waals surface area contributed by atoms with Crippen molar-refractivity contribution in [1.29, 1.82) is 0 Å². The number of ketones is 1. The number of Topliss-reactive ketones (excluding diaryl/α,β-unsaturated/α-hetero) is 1. The maximum absolute atomic E-state index is 13.4. The van der Waals surface area contributed by atoms with Crippen LogP contribution in [0.2, 0.25) is 0 Å². The molecular weight excluding hydrogens is 322 g/mol. The summed E-state index contributed by atoms with van der Waals surface area (Å²) in [6.07, 6.45) is 0.539. The van der Waals surface area contributed by atoms with Gasteiger partial charge in [0.2, 0.25) is 5.91 Å². The Morgan fingerprint density at radius 3 is 1.42 bits per heavy atom. The Labute approximate surface area is 153 Å². The van der Waals surface area contributed by atoms with Crippen molar-refractivity contribution in [2.45, 2.75) is 12.8 Å². The molecule has 3 rings (SSSR count). The van der Waals surface area contributed by atoms with Crippen molar-refractivity contribution in [2.75, 3.05) is 0 Å². The van der Waals surface area contributed by atoms with Crippen LogP contribution in [0.1, 0.15) is 21.5 Å². The number of carbonyl (C=O) groups is 2. The first-order chi connectivity index (χ1) is 12.6. The van der Waals surface area contributed by atoms with E-state index in [9.17, 15) is 9.59 Å². The molecule has 3 nitrogen and oxygen atoms in total. The molecule has 0 aromatic heterocycles. The fourth-order valence-corrected chi connectivity index (χ4v) is 3.26. The molecule has 0 atom stereocenters. The maximum atomic E-state index is 13.4. The van der Waals surface area contributed by atoms with Crippen LogP contribution in [0.15, 0.2) is 91.0 Å². The minimum absolute atomic E-state index is 0.238. The average molecular weight is 343 g/mol. The summed E-state index contributed by atoms with van der Waals surface area (Å²) in [4.78, 5) is 26.1. The third kappa shape index (κ3) is 3.72. The lowest BCUT2D eigenvalue weighted by atomic mass is 9.70. The molecule has 0 unspecified atom stereocenters. The molecule has 0 saturated heterocycles. The number of hydrogen-bond donors (Lipinski definition) is 1. The third-order valence-corrected chi connectivity index (χ3v) is 4.64. The van der Waals surface area contributed by atoms with Gasteiger partial charge in [-0.1, -0.05) is 91.0 Å². The Kier molecular flexibility index (Phi) is 5.28. The fraction of sp³-hybridized carbons (Fsp3) is 0.130. The van der Waals surface area contributed by atoms with E-state index in [2.05, 4.69) is 0 Å². The van der Waals surface area contributed by atoms with Crippen LogP contribution in [0, 0.1) is 5.41 Å². The smallest absolute Gasteiger partial charge is 0.232 e. The molecule has 0 spiro atoms. The summed E-state index contributed by atoms with van der Waals surface area (Å²) in [6, 6.07) is 28.0. The zero-order chi connectivity index (χ0) is 18.4. The van der Waals surface area contributed by atoms with Gasteiger partial charge in [0.05, 0.1) is 0 Å². The van der Waals surface area contributed by atoms with Gasteiger partial charge in [0, 0.05) is 5.56 Å². The fourth-order valence-electron chi connectivity index (χ4n) is 3.26. The summed E-state index contributed by atoms with van der Waals surface area (Å²) >= 11 is 0. The predicted molar refractivity (Wildman–Crippen MR) is 103 cm³/mol. The van der Waals surface area contributed by atoms with E-state index in [1.54, 1.807) is 24.3 Å². The van der Waals surface area contributed by atoms with Crippen molar-refractivity contribution in [3.8, 4) is 0 Å². The van der Waals surface area contributed by atoms with Gasteiger partial charge in [0.25, 0.3) is 0 Å². The molecule has 0 saturated carbocycles. The van der Waals surface area contributed by atoms with E-state index in [1.807, 2.05) is 66.7 Å². The lowest BCUT2D eigenvalue weighted by molar-refractivity contribution is -0.125. The highest BCUT2D eigenvalue weighted by Gasteiger charge is 2.44. The Morgan fingerprint density at radius 2 is 1.04 bits per heavy atom. The van der Waals surface area contributed by atoms with Gasteiger partial charge in [0.1, 0.15) is 5.41 Å². The first-order valence-electron chi connectivity index (χ1n) is 8.59. The number of benzene rings is 3. The van der Waals surface area contributed by atoms with Crippen LogP contribution < -0.4 is 5.73 Å². The first-order valence-corrected chi connectivity index (χ1v) is 8.59. The van der Waals surface area contributed by atoms with Crippen LogP contribution in [0.25, 0.3) is 0 Å². The third-order valence-electron chi connectivity index (χ3n) is 4.64. The van der Waals surface area contributed by atoms with Crippen molar-refractivity contribution >= 4 is 11.7 Å². The highest BCUT2D eigenvalue weighted by Crippen LogP contribution is 2.32. The van der Waals surface area contributed by atoms with E-state index < -0.39 is 11.3 Å². The minimum Gasteiger partial charge on any atom is -0.369 e. The quantitative estimate of drug-likeness (QED) is 0.523. The minimum atomic E-state index is -1.33. The van der Waals surface area contributed by atoms with Gasteiger partial charge in [-0.25, -0.2) is 0 Å². The lowest BCUT2D eigenvalue weighted by Crippen LogP contribution is -2.47. The molecule has 0 heterocycles. The zero-order valence-electron chi connectivity index (χ0n) is 14.5. The number of primary amides is 1. The number of hydrogen-bond acceptors (Lipinski definition) is 2. The van der Waals surface area contributed by atoms with Crippen LogP contribution in [-0.4, -0.2) is 11.7 Å². The Morgan fingerprint density at radius 1 is 0.654 bits per heavy atom. The predicted octanol–water partition coefficient (Wildman–Crippen LogP) is 3.83. The molecule has 0 radical (unpaired) electrons. The lowest BCUT2D eigenvalue weighted by Gasteiger charge is -2.30. The maximum Gasteiger partial charge on any atom is 0.232 e. The second kappa shape index (κ2) is 7.79. The molecular formula is C23H21NO2. The highest BCUT2D eigenvalue weighted by atomic mass is 16.2. The highest BCUT2D eigenvalue weighted by molar-refractivity contribution is 6.14. The van der Waals surface area contributed by atoms with Crippen molar-refractivity contribution in [1.82, 2.24) is 0 Å². The SMILES string of the molecule is NC(=O)C(Cc1ccccc1)(Cc1ccccc1)C(=O)c1ccccc1. The Hall–Kier alpha value is -3.20. The Balaban J connectivity index is 2.08. The summed E-state index contributed by atoms with van der Waals surface area (Å²) in [5, 5.41) is 0. The molecule has 0 bridgehead atoms. The summed E-state index contributed by atoms with van der Waals surface area (Å²) in [6.45, 7) is 0. The average Bonchev–Trinajstić information content (AvgIpc) is 2.69. The van der Waals surface area contributed by atoms with E-state index >= 15 is 0 Å². The van der Waals surface area contributed by atoms with Gasteiger partial charge < -0.3 is 5.73 Å². The van der Waals surface area contributed by atoms with Crippen LogP contribution in [0.4, 0.5) is 0 Å². The summed E-state index contributed by atoms with van der Waals surface area (Å²) in [5.74, 6) is -0.836. The van der Waals surface area contributed by atoms with Gasteiger partial charge in [-0.15, -0.1) is 0 Å². The van der Waals surface area contributed by atoms with Crippen LogP contribution >= 0.6 is 0 Å². The summed E-state index contributed by atoms with van der Waals surface area (Å²) < 4.78 is 0. The van der Waals surface area contributed by atoms with Crippen LogP contribution in [0.3, 0.4) is 0 Å². The first kappa shape index (κ1) is 17.6. The van der Waals surface area contributed by atoms with Gasteiger partial charge in [0.15, 0.2) is 5.78 Å². The topological polar surface area (TPSA) is 60.2 Å². The Bertz CT molecular complexity index is 832. The molecule has 2 N–H and O–H groups in total. The number of carbonyl (C=O) groups excluding carboxylic acids is 2. The van der Waals surface area contributed by atoms with Gasteiger partial charge >= 0.3 is 0 Å². The second-order valence-corrected chi connectivity index (χ2v) is 6.47. The van der Waals surface area contributed by atoms with E-state index in [4.69, 9.17) is 5.73 Å². The second-order valence-electron chi connectivity index (χ2n) is 6.47. The van der Waals surface area contributed by atoms with Gasteiger partial charge in [-0.05, 0) is 24.0 Å². The molecule has 3 aromatic rings. The normalized spacial score (nSPS) is 11.1. The van der Waals surface area contributed by atoms with Crippen molar-refractivity contribution in [3.63, 3.8) is 0 Å². The molecule has 1 amide bonds. The molecule has 0 aliphatic heterocycles. The van der Waals surface area contributed by atoms with E-state index in [0.717, 1.165) is 11.1 Å². The van der Waals surface area contributed by atoms with E-state index in [1.165, 1.54) is 0 Å². The molecule has 3 heteroatoms. The van der Waals surface area contributed by atoms with Crippen molar-refractivity contribution in [2.24, 2.45) is 11.1 Å². The largest absolute Gasteiger partial charge is 0.369 e. The molecule has 130 valence electrons. The van der Waals surface area contributed by atoms with Gasteiger partial charge in [-0.2, -0.15) is 0 Å². The molecule has 0 aliphatic carbocycles. The van der Waals surface area contributed by atoms with Crippen LogP contribution in [-0.2, 0) is 17.6 Å². The number of amides is 1. The molecule has 3 aromatic carbocycles. The summed E-state index contributed by atoms with van der Waals surface area (Å²) in [7, 11) is 0. The standard InChI is InChI=1S/C23H21NO2/c24-22(26)23(16-18-10-4-1-5-11-18,17-19-12-6-2-7-13-19)21(25)20-14-8-3-9-15-20/h1-15H,16-17H2,(H2,24,26). The van der Waals surface area contributed by atoms with Crippen molar-refractivity contribution in [3.05, 3.63) is 108 Å². The monoisotopic (exact) mass is 343 g/mol. The van der Waals surface area contributed by atoms with E-state index in [-0.39, 0.29) is 18.6 Å². The number of rotatable bonds is 7. The molecule has 0 aliphatic rings.